The normalized spacial score (nSPS) is 10.2. The highest BCUT2D eigenvalue weighted by Gasteiger charge is 2.10. The molecule has 1 N–H and O–H groups in total. The van der Waals surface area contributed by atoms with E-state index in [1.807, 2.05) is 6.07 Å². The summed E-state index contributed by atoms with van der Waals surface area (Å²) in [5, 5.41) is 3.63. The minimum atomic E-state index is -0.269. The number of rotatable bonds is 5. The van der Waals surface area contributed by atoms with E-state index in [2.05, 4.69) is 5.32 Å². The minimum absolute atomic E-state index is 0.269. The van der Waals surface area contributed by atoms with Gasteiger partial charge in [0.25, 0.3) is 5.91 Å². The summed E-state index contributed by atoms with van der Waals surface area (Å²) >= 11 is 11.8. The van der Waals surface area contributed by atoms with Gasteiger partial charge in [0.05, 0.1) is 14.2 Å². The predicted molar refractivity (Wildman–Crippen MR) is 87.2 cm³/mol. The zero-order valence-electron chi connectivity index (χ0n) is 12.2. The van der Waals surface area contributed by atoms with Gasteiger partial charge in [-0.15, -0.1) is 0 Å². The van der Waals surface area contributed by atoms with Crippen LogP contribution in [0.4, 0.5) is 0 Å². The predicted octanol–water partition coefficient (Wildman–Crippen LogP) is 3.94. The summed E-state index contributed by atoms with van der Waals surface area (Å²) in [7, 11) is 3.15. The fourth-order valence-electron chi connectivity index (χ4n) is 1.98. The van der Waals surface area contributed by atoms with Crippen LogP contribution in [0.2, 0.25) is 10.0 Å². The topological polar surface area (TPSA) is 47.6 Å². The van der Waals surface area contributed by atoms with Crippen molar-refractivity contribution in [3.8, 4) is 11.5 Å². The summed E-state index contributed by atoms with van der Waals surface area (Å²) in [6.07, 6.45) is 0. The van der Waals surface area contributed by atoms with Crippen molar-refractivity contribution in [3.05, 3.63) is 57.6 Å². The third-order valence-corrected chi connectivity index (χ3v) is 3.49. The Bertz CT molecular complexity index is 669. The molecule has 0 saturated carbocycles. The SMILES string of the molecule is COc1ccc(OC)c(CNC(=O)c2cc(Cl)cc(Cl)c2)c1. The van der Waals surface area contributed by atoms with Crippen LogP contribution in [0.1, 0.15) is 15.9 Å². The standard InChI is InChI=1S/C16H15Cl2NO3/c1-21-14-3-4-15(22-2)11(7-14)9-19-16(20)10-5-12(17)8-13(18)6-10/h3-8H,9H2,1-2H3,(H,19,20). The maximum Gasteiger partial charge on any atom is 0.251 e. The molecule has 0 spiro atoms. The van der Waals surface area contributed by atoms with E-state index in [1.54, 1.807) is 44.6 Å². The number of amides is 1. The molecular weight excluding hydrogens is 325 g/mol. The number of hydrogen-bond acceptors (Lipinski definition) is 3. The van der Waals surface area contributed by atoms with E-state index in [1.165, 1.54) is 0 Å². The molecule has 2 rings (SSSR count). The number of carbonyl (C=O) groups is 1. The van der Waals surface area contributed by atoms with Crippen LogP contribution in [0.5, 0.6) is 11.5 Å². The summed E-state index contributed by atoms with van der Waals surface area (Å²) in [5.74, 6) is 1.09. The van der Waals surface area contributed by atoms with Gasteiger partial charge in [-0.25, -0.2) is 0 Å². The minimum Gasteiger partial charge on any atom is -0.497 e. The highest BCUT2D eigenvalue weighted by molar-refractivity contribution is 6.35. The van der Waals surface area contributed by atoms with Crippen molar-refractivity contribution in [1.82, 2.24) is 5.32 Å². The van der Waals surface area contributed by atoms with E-state index in [4.69, 9.17) is 32.7 Å². The summed E-state index contributed by atoms with van der Waals surface area (Å²) in [6.45, 7) is 0.295. The van der Waals surface area contributed by atoms with Gasteiger partial charge in [0, 0.05) is 27.7 Å². The van der Waals surface area contributed by atoms with Gasteiger partial charge >= 0.3 is 0 Å². The van der Waals surface area contributed by atoms with E-state index in [9.17, 15) is 4.79 Å². The first kappa shape index (κ1) is 16.5. The largest absolute Gasteiger partial charge is 0.497 e. The second-order valence-corrected chi connectivity index (χ2v) is 5.39. The molecule has 0 aliphatic carbocycles. The number of methoxy groups -OCH3 is 2. The fraction of sp³-hybridized carbons (Fsp3) is 0.188. The molecule has 0 aliphatic heterocycles. The van der Waals surface area contributed by atoms with Crippen LogP contribution in [0.15, 0.2) is 36.4 Å². The Morgan fingerprint density at radius 2 is 1.73 bits per heavy atom. The Balaban J connectivity index is 2.13. The number of hydrogen-bond donors (Lipinski definition) is 1. The maximum absolute atomic E-state index is 12.2. The molecule has 1 amide bonds. The molecule has 116 valence electrons. The van der Waals surface area contributed by atoms with Crippen LogP contribution >= 0.6 is 23.2 Å². The van der Waals surface area contributed by atoms with Crippen molar-refractivity contribution < 1.29 is 14.3 Å². The summed E-state index contributed by atoms with van der Waals surface area (Å²) < 4.78 is 10.4. The van der Waals surface area contributed by atoms with E-state index < -0.39 is 0 Å². The van der Waals surface area contributed by atoms with E-state index >= 15 is 0 Å². The zero-order valence-corrected chi connectivity index (χ0v) is 13.7. The van der Waals surface area contributed by atoms with Crippen LogP contribution in [-0.4, -0.2) is 20.1 Å². The Morgan fingerprint density at radius 3 is 2.32 bits per heavy atom. The molecule has 0 unspecified atom stereocenters. The molecule has 0 bridgehead atoms. The molecule has 4 nitrogen and oxygen atoms in total. The third kappa shape index (κ3) is 4.06. The second kappa shape index (κ2) is 7.38. The first-order valence-corrected chi connectivity index (χ1v) is 7.24. The molecule has 0 aromatic heterocycles. The van der Waals surface area contributed by atoms with E-state index in [0.29, 0.717) is 33.7 Å². The molecule has 0 radical (unpaired) electrons. The van der Waals surface area contributed by atoms with Gasteiger partial charge in [-0.05, 0) is 36.4 Å². The van der Waals surface area contributed by atoms with Crippen molar-refractivity contribution in [1.29, 1.82) is 0 Å². The lowest BCUT2D eigenvalue weighted by molar-refractivity contribution is 0.0950. The average molecular weight is 340 g/mol. The summed E-state index contributed by atoms with van der Waals surface area (Å²) in [5.41, 5.74) is 1.21. The first-order valence-electron chi connectivity index (χ1n) is 6.48. The highest BCUT2D eigenvalue weighted by Crippen LogP contribution is 2.24. The number of nitrogens with one attached hydrogen (secondary N) is 1. The van der Waals surface area contributed by atoms with Crippen LogP contribution in [0.3, 0.4) is 0 Å². The second-order valence-electron chi connectivity index (χ2n) is 4.52. The van der Waals surface area contributed by atoms with Crippen LogP contribution in [0, 0.1) is 0 Å². The first-order chi connectivity index (χ1) is 10.5. The lowest BCUT2D eigenvalue weighted by Crippen LogP contribution is -2.23. The zero-order chi connectivity index (χ0) is 16.1. The highest BCUT2D eigenvalue weighted by atomic mass is 35.5. The molecular formula is C16H15Cl2NO3. The van der Waals surface area contributed by atoms with Gasteiger partial charge in [-0.1, -0.05) is 23.2 Å². The molecule has 0 aliphatic rings. The van der Waals surface area contributed by atoms with Crippen molar-refractivity contribution in [2.24, 2.45) is 0 Å². The lowest BCUT2D eigenvalue weighted by atomic mass is 10.1. The van der Waals surface area contributed by atoms with Gasteiger partial charge in [-0.3, -0.25) is 4.79 Å². The molecule has 0 fully saturated rings. The molecule has 2 aromatic rings. The fourth-order valence-corrected chi connectivity index (χ4v) is 2.51. The number of halogens is 2. The van der Waals surface area contributed by atoms with E-state index in [-0.39, 0.29) is 5.91 Å². The quantitative estimate of drug-likeness (QED) is 0.897. The monoisotopic (exact) mass is 339 g/mol. The van der Waals surface area contributed by atoms with Gasteiger partial charge < -0.3 is 14.8 Å². The van der Waals surface area contributed by atoms with Crippen molar-refractivity contribution >= 4 is 29.1 Å². The van der Waals surface area contributed by atoms with Gasteiger partial charge in [0.2, 0.25) is 0 Å². The summed E-state index contributed by atoms with van der Waals surface area (Å²) in [4.78, 5) is 12.2. The summed E-state index contributed by atoms with van der Waals surface area (Å²) in [6, 6.07) is 10.1. The molecule has 2 aromatic carbocycles. The third-order valence-electron chi connectivity index (χ3n) is 3.05. The lowest BCUT2D eigenvalue weighted by Gasteiger charge is -2.11. The molecule has 22 heavy (non-hydrogen) atoms. The Kier molecular flexibility index (Phi) is 5.52. The number of benzene rings is 2. The van der Waals surface area contributed by atoms with Crippen LogP contribution < -0.4 is 14.8 Å². The van der Waals surface area contributed by atoms with Crippen LogP contribution in [0.25, 0.3) is 0 Å². The molecule has 6 heteroatoms. The van der Waals surface area contributed by atoms with Gasteiger partial charge in [0.15, 0.2) is 0 Å². The van der Waals surface area contributed by atoms with Crippen molar-refractivity contribution in [2.75, 3.05) is 14.2 Å². The molecule has 0 heterocycles. The van der Waals surface area contributed by atoms with Crippen molar-refractivity contribution in [2.45, 2.75) is 6.54 Å². The Labute approximate surface area is 138 Å². The average Bonchev–Trinajstić information content (AvgIpc) is 2.51. The smallest absolute Gasteiger partial charge is 0.251 e. The molecule has 0 saturated heterocycles. The number of carbonyl (C=O) groups excluding carboxylic acids is 1. The van der Waals surface area contributed by atoms with Crippen molar-refractivity contribution in [3.63, 3.8) is 0 Å². The van der Waals surface area contributed by atoms with E-state index in [0.717, 1.165) is 5.56 Å². The maximum atomic E-state index is 12.2. The Hall–Kier alpha value is -1.91. The van der Waals surface area contributed by atoms with Crippen LogP contribution in [-0.2, 0) is 6.54 Å². The molecule has 0 atom stereocenters. The van der Waals surface area contributed by atoms with Gasteiger partial charge in [-0.2, -0.15) is 0 Å². The van der Waals surface area contributed by atoms with Gasteiger partial charge in [0.1, 0.15) is 11.5 Å². The number of ether oxygens (including phenoxy) is 2. The Morgan fingerprint density at radius 1 is 1.05 bits per heavy atom.